The molecule has 0 saturated carbocycles. The molecule has 1 heterocycles. The largest absolute Gasteiger partial charge is 0.374 e. The van der Waals surface area contributed by atoms with Gasteiger partial charge in [-0.1, -0.05) is 11.3 Å². The van der Waals surface area contributed by atoms with Crippen molar-refractivity contribution in [1.82, 2.24) is 10.2 Å². The van der Waals surface area contributed by atoms with Crippen LogP contribution in [0.3, 0.4) is 0 Å². The Bertz CT molecular complexity index is 116. The maximum Gasteiger partial charge on any atom is 0.202 e. The zero-order valence-corrected chi connectivity index (χ0v) is 7.45. The minimum Gasteiger partial charge on any atom is -0.374 e. The van der Waals surface area contributed by atoms with E-state index in [0.717, 1.165) is 0 Å². The summed E-state index contributed by atoms with van der Waals surface area (Å²) in [6.07, 6.45) is 0. The summed E-state index contributed by atoms with van der Waals surface area (Å²) in [6, 6.07) is 0. The molecule has 0 aliphatic rings. The van der Waals surface area contributed by atoms with Gasteiger partial charge in [0.25, 0.3) is 0 Å². The van der Waals surface area contributed by atoms with E-state index in [9.17, 15) is 0 Å². The van der Waals surface area contributed by atoms with Crippen molar-refractivity contribution in [2.45, 2.75) is 0 Å². The summed E-state index contributed by atoms with van der Waals surface area (Å²) in [7, 11) is 0. The Balaban J connectivity index is 0.000000360. The van der Waals surface area contributed by atoms with Crippen molar-refractivity contribution in [2.24, 2.45) is 0 Å². The molecular weight excluding hydrogens is 164 g/mol. The minimum absolute atomic E-state index is 0. The standard InChI is InChI=1S/C2H3N3S.Zn/c3-2-5-4-1-6-2;/h1H,(H2,3,5);. The Hall–Kier alpha value is -0.0166. The SMILES string of the molecule is Nc1nncs1.[Zn]. The third-order valence-electron chi connectivity index (χ3n) is 0.377. The molecule has 5 heteroatoms. The number of anilines is 1. The maximum absolute atomic E-state index is 5.12. The molecule has 3 nitrogen and oxygen atoms in total. The van der Waals surface area contributed by atoms with Gasteiger partial charge in [0.15, 0.2) is 0 Å². The summed E-state index contributed by atoms with van der Waals surface area (Å²) >= 11 is 1.33. The average Bonchev–Trinajstić information content (AvgIpc) is 1.86. The van der Waals surface area contributed by atoms with Crippen LogP contribution in [0, 0.1) is 0 Å². The fourth-order valence-electron chi connectivity index (χ4n) is 0.182. The first-order chi connectivity index (χ1) is 2.89. The van der Waals surface area contributed by atoms with Gasteiger partial charge in [-0.15, -0.1) is 10.2 Å². The Morgan fingerprint density at radius 3 is 2.57 bits per heavy atom. The van der Waals surface area contributed by atoms with E-state index in [0.29, 0.717) is 5.13 Å². The molecule has 1 rings (SSSR count). The van der Waals surface area contributed by atoms with Gasteiger partial charge in [-0.3, -0.25) is 0 Å². The molecule has 0 saturated heterocycles. The van der Waals surface area contributed by atoms with Gasteiger partial charge in [0.1, 0.15) is 5.51 Å². The smallest absolute Gasteiger partial charge is 0.202 e. The number of hydrogen-bond acceptors (Lipinski definition) is 4. The van der Waals surface area contributed by atoms with E-state index < -0.39 is 0 Å². The van der Waals surface area contributed by atoms with Gasteiger partial charge in [0.2, 0.25) is 5.13 Å². The van der Waals surface area contributed by atoms with Gasteiger partial charge < -0.3 is 5.73 Å². The fraction of sp³-hybridized carbons (Fsp3) is 0. The molecule has 0 aliphatic heterocycles. The van der Waals surface area contributed by atoms with E-state index in [2.05, 4.69) is 10.2 Å². The van der Waals surface area contributed by atoms with E-state index in [1.165, 1.54) is 11.3 Å². The van der Waals surface area contributed by atoms with Crippen molar-refractivity contribution in [1.29, 1.82) is 0 Å². The number of hydrogen-bond donors (Lipinski definition) is 1. The van der Waals surface area contributed by atoms with Crippen LogP contribution in [-0.2, 0) is 19.5 Å². The molecule has 0 radical (unpaired) electrons. The quantitative estimate of drug-likeness (QED) is 0.557. The van der Waals surface area contributed by atoms with Crippen molar-refractivity contribution in [2.75, 3.05) is 5.73 Å². The number of nitrogen functional groups attached to an aromatic ring is 1. The monoisotopic (exact) mass is 165 g/mol. The van der Waals surface area contributed by atoms with Crippen LogP contribution < -0.4 is 5.73 Å². The molecule has 1 aromatic heterocycles. The molecule has 7 heavy (non-hydrogen) atoms. The van der Waals surface area contributed by atoms with Gasteiger partial charge in [0, 0.05) is 19.5 Å². The molecule has 2 N–H and O–H groups in total. The second kappa shape index (κ2) is 3.05. The Labute approximate surface area is 57.7 Å². The van der Waals surface area contributed by atoms with Crippen LogP contribution in [0.4, 0.5) is 5.13 Å². The Kier molecular flexibility index (Phi) is 3.04. The van der Waals surface area contributed by atoms with Gasteiger partial charge in [-0.05, 0) is 0 Å². The molecule has 0 amide bonds. The van der Waals surface area contributed by atoms with Crippen molar-refractivity contribution in [3.05, 3.63) is 5.51 Å². The molecule has 0 aromatic carbocycles. The number of aromatic nitrogens is 2. The van der Waals surface area contributed by atoms with Crippen molar-refractivity contribution >= 4 is 16.5 Å². The van der Waals surface area contributed by atoms with Crippen LogP contribution in [0.15, 0.2) is 5.51 Å². The van der Waals surface area contributed by atoms with E-state index in [-0.39, 0.29) is 19.5 Å². The van der Waals surface area contributed by atoms with E-state index in [4.69, 9.17) is 5.73 Å². The maximum atomic E-state index is 5.12. The number of nitrogens with zero attached hydrogens (tertiary/aromatic N) is 2. The summed E-state index contributed by atoms with van der Waals surface area (Å²) in [6.45, 7) is 0. The topological polar surface area (TPSA) is 51.8 Å². The number of nitrogens with two attached hydrogens (primary N) is 1. The predicted molar refractivity (Wildman–Crippen MR) is 24.3 cm³/mol. The number of rotatable bonds is 0. The second-order valence-electron chi connectivity index (χ2n) is 0.777. The van der Waals surface area contributed by atoms with Crippen molar-refractivity contribution in [3.63, 3.8) is 0 Å². The van der Waals surface area contributed by atoms with Gasteiger partial charge in [0.05, 0.1) is 0 Å². The molecular formula is C2H3N3SZn. The van der Waals surface area contributed by atoms with E-state index in [1.54, 1.807) is 5.51 Å². The molecule has 34 valence electrons. The fourth-order valence-corrected chi connectivity index (χ4v) is 0.478. The van der Waals surface area contributed by atoms with Crippen LogP contribution in [-0.4, -0.2) is 10.2 Å². The predicted octanol–water partition coefficient (Wildman–Crippen LogP) is 0.118. The van der Waals surface area contributed by atoms with Gasteiger partial charge in [-0.2, -0.15) is 0 Å². The Morgan fingerprint density at radius 1 is 1.71 bits per heavy atom. The van der Waals surface area contributed by atoms with Crippen LogP contribution >= 0.6 is 11.3 Å². The van der Waals surface area contributed by atoms with Crippen LogP contribution in [0.1, 0.15) is 0 Å². The zero-order valence-electron chi connectivity index (χ0n) is 3.66. The normalized spacial score (nSPS) is 7.43. The van der Waals surface area contributed by atoms with E-state index in [1.807, 2.05) is 0 Å². The third kappa shape index (κ3) is 1.95. The first-order valence-corrected chi connectivity index (χ1v) is 2.29. The zero-order chi connectivity index (χ0) is 4.41. The first-order valence-electron chi connectivity index (χ1n) is 1.41. The summed E-state index contributed by atoms with van der Waals surface area (Å²) in [5.41, 5.74) is 6.72. The van der Waals surface area contributed by atoms with Crippen LogP contribution in [0.2, 0.25) is 0 Å². The van der Waals surface area contributed by atoms with Crippen LogP contribution in [0.5, 0.6) is 0 Å². The third-order valence-corrected chi connectivity index (χ3v) is 0.900. The minimum atomic E-state index is 0. The molecule has 0 bridgehead atoms. The summed E-state index contributed by atoms with van der Waals surface area (Å²) in [5.74, 6) is 0. The van der Waals surface area contributed by atoms with Crippen molar-refractivity contribution < 1.29 is 19.5 Å². The summed E-state index contributed by atoms with van der Waals surface area (Å²) in [5, 5.41) is 7.45. The Morgan fingerprint density at radius 2 is 2.43 bits per heavy atom. The summed E-state index contributed by atoms with van der Waals surface area (Å²) < 4.78 is 0. The molecule has 1 aromatic rings. The average molecular weight is 167 g/mol. The molecule has 0 spiro atoms. The second-order valence-corrected chi connectivity index (χ2v) is 1.64. The van der Waals surface area contributed by atoms with E-state index >= 15 is 0 Å². The summed E-state index contributed by atoms with van der Waals surface area (Å²) in [4.78, 5) is 0. The molecule has 0 unspecified atom stereocenters. The van der Waals surface area contributed by atoms with Crippen LogP contribution in [0.25, 0.3) is 0 Å². The molecule has 0 aliphatic carbocycles. The molecule has 0 fully saturated rings. The van der Waals surface area contributed by atoms with Crippen molar-refractivity contribution in [3.8, 4) is 0 Å². The molecule has 0 atom stereocenters. The first kappa shape index (κ1) is 6.98. The van der Waals surface area contributed by atoms with Gasteiger partial charge >= 0.3 is 0 Å². The van der Waals surface area contributed by atoms with Gasteiger partial charge in [-0.25, -0.2) is 0 Å².